The number of hydrogen-bond acceptors (Lipinski definition) is 2. The highest BCUT2D eigenvalue weighted by atomic mass is 16.5. The number of ether oxygens (including phenoxy) is 1. The lowest BCUT2D eigenvalue weighted by atomic mass is 10.0. The molecule has 0 aliphatic carbocycles. The molecule has 0 spiro atoms. The molecular formula is C18H36O2. The fourth-order valence-electron chi connectivity index (χ4n) is 2.49. The number of rotatable bonds is 16. The van der Waals surface area contributed by atoms with Gasteiger partial charge in [0.1, 0.15) is 12.5 Å². The Bertz CT molecular complexity index is 190. The lowest BCUT2D eigenvalue weighted by molar-refractivity contribution is 0.230. The van der Waals surface area contributed by atoms with Crippen LogP contribution in [-0.4, -0.2) is 11.7 Å². The van der Waals surface area contributed by atoms with E-state index in [1.165, 1.54) is 89.7 Å². The average molecular weight is 284 g/mol. The molecule has 0 saturated carbocycles. The SMILES string of the molecule is CCCCCCCCCCCCCCCCOC=CO. The van der Waals surface area contributed by atoms with Crippen LogP contribution in [0.25, 0.3) is 0 Å². The largest absolute Gasteiger partial charge is 0.512 e. The molecule has 0 radical (unpaired) electrons. The molecule has 20 heavy (non-hydrogen) atoms. The first-order valence-corrected chi connectivity index (χ1v) is 8.82. The van der Waals surface area contributed by atoms with Gasteiger partial charge in [-0.3, -0.25) is 0 Å². The third kappa shape index (κ3) is 17.3. The number of aliphatic hydroxyl groups is 1. The van der Waals surface area contributed by atoms with Gasteiger partial charge in [0.2, 0.25) is 0 Å². The van der Waals surface area contributed by atoms with Gasteiger partial charge in [0.05, 0.1) is 6.61 Å². The maximum Gasteiger partial charge on any atom is 0.117 e. The molecule has 0 aromatic rings. The van der Waals surface area contributed by atoms with Gasteiger partial charge < -0.3 is 9.84 Å². The second-order valence-corrected chi connectivity index (χ2v) is 5.75. The van der Waals surface area contributed by atoms with Gasteiger partial charge in [-0.15, -0.1) is 0 Å². The van der Waals surface area contributed by atoms with Gasteiger partial charge in [0, 0.05) is 0 Å². The summed E-state index contributed by atoms with van der Waals surface area (Å²) in [6.45, 7) is 3.01. The summed E-state index contributed by atoms with van der Waals surface area (Å²) in [5.41, 5.74) is 0. The summed E-state index contributed by atoms with van der Waals surface area (Å²) in [6.07, 6.45) is 21.6. The number of hydrogen-bond donors (Lipinski definition) is 1. The van der Waals surface area contributed by atoms with Gasteiger partial charge in [0.25, 0.3) is 0 Å². The molecule has 0 fully saturated rings. The summed E-state index contributed by atoms with van der Waals surface area (Å²) in [5, 5.41) is 8.38. The zero-order chi connectivity index (χ0) is 14.7. The van der Waals surface area contributed by atoms with E-state index in [1.807, 2.05) is 0 Å². The van der Waals surface area contributed by atoms with Gasteiger partial charge in [-0.2, -0.15) is 0 Å². The first kappa shape index (κ1) is 19.3. The summed E-state index contributed by atoms with van der Waals surface area (Å²) in [7, 11) is 0. The summed E-state index contributed by atoms with van der Waals surface area (Å²) < 4.78 is 5.06. The predicted molar refractivity (Wildman–Crippen MR) is 88.0 cm³/mol. The molecule has 0 heterocycles. The van der Waals surface area contributed by atoms with Crippen molar-refractivity contribution in [2.24, 2.45) is 0 Å². The molecule has 0 saturated heterocycles. The highest BCUT2D eigenvalue weighted by Crippen LogP contribution is 2.12. The summed E-state index contributed by atoms with van der Waals surface area (Å²) in [6, 6.07) is 0. The Morgan fingerprint density at radius 1 is 0.650 bits per heavy atom. The van der Waals surface area contributed by atoms with E-state index in [9.17, 15) is 0 Å². The van der Waals surface area contributed by atoms with Crippen LogP contribution in [0.15, 0.2) is 12.5 Å². The van der Waals surface area contributed by atoms with E-state index in [0.29, 0.717) is 0 Å². The normalized spacial score (nSPS) is 11.2. The Hall–Kier alpha value is -0.660. The highest BCUT2D eigenvalue weighted by Gasteiger charge is 1.94. The Kier molecular flexibility index (Phi) is 17.7. The lowest BCUT2D eigenvalue weighted by Gasteiger charge is -2.03. The maximum atomic E-state index is 8.38. The smallest absolute Gasteiger partial charge is 0.117 e. The van der Waals surface area contributed by atoms with Crippen LogP contribution in [0.1, 0.15) is 96.8 Å². The van der Waals surface area contributed by atoms with Crippen molar-refractivity contribution in [1.82, 2.24) is 0 Å². The minimum absolute atomic E-state index is 0.731. The summed E-state index contributed by atoms with van der Waals surface area (Å²) in [4.78, 5) is 0. The average Bonchev–Trinajstić information content (AvgIpc) is 2.47. The van der Waals surface area contributed by atoms with Gasteiger partial charge in [0.15, 0.2) is 0 Å². The van der Waals surface area contributed by atoms with Crippen LogP contribution < -0.4 is 0 Å². The van der Waals surface area contributed by atoms with Crippen molar-refractivity contribution in [3.05, 3.63) is 12.5 Å². The van der Waals surface area contributed by atoms with Crippen LogP contribution in [-0.2, 0) is 4.74 Å². The molecule has 0 aliphatic heterocycles. The van der Waals surface area contributed by atoms with Crippen LogP contribution in [0.2, 0.25) is 0 Å². The molecule has 0 amide bonds. The Morgan fingerprint density at radius 2 is 1.05 bits per heavy atom. The Morgan fingerprint density at radius 3 is 1.45 bits per heavy atom. The minimum atomic E-state index is 0.731. The van der Waals surface area contributed by atoms with E-state index in [2.05, 4.69) is 6.92 Å². The molecule has 0 aromatic heterocycles. The lowest BCUT2D eigenvalue weighted by Crippen LogP contribution is -1.88. The molecule has 2 nitrogen and oxygen atoms in total. The van der Waals surface area contributed by atoms with E-state index in [1.54, 1.807) is 0 Å². The Balaban J connectivity index is 2.92. The first-order valence-electron chi connectivity index (χ1n) is 8.82. The zero-order valence-electron chi connectivity index (χ0n) is 13.6. The highest BCUT2D eigenvalue weighted by molar-refractivity contribution is 4.56. The van der Waals surface area contributed by atoms with E-state index >= 15 is 0 Å². The third-order valence-electron chi connectivity index (χ3n) is 3.77. The van der Waals surface area contributed by atoms with Crippen molar-refractivity contribution >= 4 is 0 Å². The second-order valence-electron chi connectivity index (χ2n) is 5.75. The van der Waals surface area contributed by atoms with E-state index < -0.39 is 0 Å². The predicted octanol–water partition coefficient (Wildman–Crippen LogP) is 6.51. The van der Waals surface area contributed by atoms with E-state index in [4.69, 9.17) is 9.84 Å². The van der Waals surface area contributed by atoms with E-state index in [0.717, 1.165) is 19.3 Å². The quantitative estimate of drug-likeness (QED) is 0.258. The van der Waals surface area contributed by atoms with Crippen molar-refractivity contribution in [3.63, 3.8) is 0 Å². The fraction of sp³-hybridized carbons (Fsp3) is 0.889. The van der Waals surface area contributed by atoms with Crippen molar-refractivity contribution in [2.45, 2.75) is 96.8 Å². The van der Waals surface area contributed by atoms with Gasteiger partial charge in [-0.05, 0) is 6.42 Å². The summed E-state index contributed by atoms with van der Waals surface area (Å²) >= 11 is 0. The van der Waals surface area contributed by atoms with Crippen molar-refractivity contribution in [1.29, 1.82) is 0 Å². The maximum absolute atomic E-state index is 8.38. The van der Waals surface area contributed by atoms with Gasteiger partial charge in [-0.25, -0.2) is 0 Å². The molecule has 0 bridgehead atoms. The molecule has 0 rings (SSSR count). The van der Waals surface area contributed by atoms with Crippen LogP contribution in [0.4, 0.5) is 0 Å². The fourth-order valence-corrected chi connectivity index (χ4v) is 2.49. The van der Waals surface area contributed by atoms with Crippen molar-refractivity contribution in [3.8, 4) is 0 Å². The second kappa shape index (κ2) is 18.3. The van der Waals surface area contributed by atoms with Crippen LogP contribution >= 0.6 is 0 Å². The van der Waals surface area contributed by atoms with Crippen LogP contribution in [0, 0.1) is 0 Å². The van der Waals surface area contributed by atoms with Crippen LogP contribution in [0.3, 0.4) is 0 Å². The van der Waals surface area contributed by atoms with E-state index in [-0.39, 0.29) is 0 Å². The topological polar surface area (TPSA) is 29.5 Å². The number of unbranched alkanes of at least 4 members (excludes halogenated alkanes) is 13. The Labute approximate surface area is 126 Å². The molecule has 0 unspecified atom stereocenters. The monoisotopic (exact) mass is 284 g/mol. The molecule has 0 aliphatic rings. The van der Waals surface area contributed by atoms with Crippen molar-refractivity contribution in [2.75, 3.05) is 6.61 Å². The zero-order valence-corrected chi connectivity index (χ0v) is 13.6. The van der Waals surface area contributed by atoms with Crippen molar-refractivity contribution < 1.29 is 9.84 Å². The van der Waals surface area contributed by atoms with Gasteiger partial charge >= 0.3 is 0 Å². The van der Waals surface area contributed by atoms with Gasteiger partial charge in [-0.1, -0.05) is 90.4 Å². The minimum Gasteiger partial charge on any atom is -0.512 e. The molecule has 120 valence electrons. The standard InChI is InChI=1S/C18H36O2/c1-2-3-4-5-6-7-8-9-10-11-12-13-14-15-17-20-18-16-19/h16,18-19H,2-15,17H2,1H3. The van der Waals surface area contributed by atoms with Crippen LogP contribution in [0.5, 0.6) is 0 Å². The summed E-state index contributed by atoms with van der Waals surface area (Å²) in [5.74, 6) is 0. The third-order valence-corrected chi connectivity index (χ3v) is 3.77. The first-order chi connectivity index (χ1) is 9.91. The molecule has 2 heteroatoms. The number of aliphatic hydroxyl groups excluding tert-OH is 1. The molecular weight excluding hydrogens is 248 g/mol. The molecule has 0 atom stereocenters. The molecule has 1 N–H and O–H groups in total. The molecule has 0 aromatic carbocycles.